The van der Waals surface area contributed by atoms with Crippen LogP contribution in [0.15, 0.2) is 23.1 Å². The molecule has 0 heterocycles. The Balaban J connectivity index is 3.03. The molecule has 88 valence electrons. The van der Waals surface area contributed by atoms with Crippen LogP contribution < -0.4 is 0 Å². The molecule has 0 aromatic heterocycles. The summed E-state index contributed by atoms with van der Waals surface area (Å²) in [7, 11) is -1.86. The van der Waals surface area contributed by atoms with E-state index in [-0.39, 0.29) is 10.5 Å². The molecule has 16 heavy (non-hydrogen) atoms. The molecular weight excluding hydrogens is 238 g/mol. The maximum atomic E-state index is 12.0. The van der Waals surface area contributed by atoms with Crippen molar-refractivity contribution in [3.63, 3.8) is 0 Å². The number of hydrogen-bond donors (Lipinski definition) is 1. The van der Waals surface area contributed by atoms with Gasteiger partial charge in [0.05, 0.1) is 22.1 Å². The van der Waals surface area contributed by atoms with E-state index in [4.69, 9.17) is 5.11 Å². The molecule has 0 radical (unpaired) electrons. The fourth-order valence-corrected chi connectivity index (χ4v) is 2.07. The average Bonchev–Trinajstić information content (AvgIpc) is 2.16. The molecule has 1 rings (SSSR count). The van der Waals surface area contributed by atoms with Crippen LogP contribution in [0.5, 0.6) is 0 Å². The molecule has 1 N–H and O–H groups in total. The van der Waals surface area contributed by atoms with Gasteiger partial charge in [-0.2, -0.15) is 0 Å². The van der Waals surface area contributed by atoms with Crippen molar-refractivity contribution in [3.8, 4) is 0 Å². The molecule has 0 amide bonds. The Bertz CT molecular complexity index is 432. The van der Waals surface area contributed by atoms with Crippen molar-refractivity contribution in [2.45, 2.75) is 18.2 Å². The molecule has 0 aliphatic heterocycles. The van der Waals surface area contributed by atoms with Crippen LogP contribution in [0, 0.1) is 6.92 Å². The van der Waals surface area contributed by atoms with E-state index in [1.807, 2.05) is 0 Å². The zero-order valence-corrected chi connectivity index (χ0v) is 9.26. The van der Waals surface area contributed by atoms with Crippen LogP contribution in [-0.2, 0) is 10.8 Å². The highest BCUT2D eigenvalue weighted by Gasteiger charge is 2.14. The maximum Gasteiger partial charge on any atom is 0.335 e. The van der Waals surface area contributed by atoms with Crippen molar-refractivity contribution >= 4 is 16.8 Å². The van der Waals surface area contributed by atoms with Crippen LogP contribution in [-0.4, -0.2) is 27.5 Å². The molecule has 6 heteroatoms. The first-order valence-corrected chi connectivity index (χ1v) is 5.74. The van der Waals surface area contributed by atoms with E-state index in [0.717, 1.165) is 0 Å². The summed E-state index contributed by atoms with van der Waals surface area (Å²) in [5.41, 5.74) is 0.491. The van der Waals surface area contributed by atoms with E-state index in [1.54, 1.807) is 6.92 Å². The van der Waals surface area contributed by atoms with Gasteiger partial charge in [0.2, 0.25) is 6.43 Å². The number of carbonyl (C=O) groups is 1. The first-order chi connectivity index (χ1) is 7.41. The van der Waals surface area contributed by atoms with Crippen molar-refractivity contribution in [2.24, 2.45) is 0 Å². The molecule has 0 fully saturated rings. The van der Waals surface area contributed by atoms with E-state index in [2.05, 4.69) is 0 Å². The van der Waals surface area contributed by atoms with E-state index < -0.39 is 28.9 Å². The summed E-state index contributed by atoms with van der Waals surface area (Å²) in [5, 5.41) is 8.81. The monoisotopic (exact) mass is 248 g/mol. The van der Waals surface area contributed by atoms with Crippen LogP contribution in [0.1, 0.15) is 15.9 Å². The molecule has 1 atom stereocenters. The number of aromatic carboxylic acids is 1. The fourth-order valence-electron chi connectivity index (χ4n) is 1.18. The van der Waals surface area contributed by atoms with Gasteiger partial charge in [-0.05, 0) is 24.6 Å². The van der Waals surface area contributed by atoms with Crippen molar-refractivity contribution in [1.82, 2.24) is 0 Å². The highest BCUT2D eigenvalue weighted by molar-refractivity contribution is 7.85. The third-order valence-corrected chi connectivity index (χ3v) is 3.31. The Morgan fingerprint density at radius 2 is 2.12 bits per heavy atom. The average molecular weight is 248 g/mol. The summed E-state index contributed by atoms with van der Waals surface area (Å²) in [6.07, 6.45) is -2.67. The molecule has 0 spiro atoms. The SMILES string of the molecule is Cc1ccc(S(=O)CC(F)F)cc1C(=O)O. The molecule has 0 saturated carbocycles. The van der Waals surface area contributed by atoms with Crippen molar-refractivity contribution in [3.05, 3.63) is 29.3 Å². The fraction of sp³-hybridized carbons (Fsp3) is 0.300. The van der Waals surface area contributed by atoms with Crippen LogP contribution in [0.25, 0.3) is 0 Å². The molecule has 1 aromatic carbocycles. The molecular formula is C10H10F2O3S. The number of carboxylic acid groups (broad SMARTS) is 1. The molecule has 0 aliphatic rings. The third kappa shape index (κ3) is 3.10. The van der Waals surface area contributed by atoms with Crippen molar-refractivity contribution in [1.29, 1.82) is 0 Å². The van der Waals surface area contributed by atoms with Gasteiger partial charge in [0, 0.05) is 4.90 Å². The standard InChI is InChI=1S/C10H10F2O3S/c1-6-2-3-7(4-8(6)10(13)14)16(15)5-9(11)12/h2-4,9H,5H2,1H3,(H,13,14). The van der Waals surface area contributed by atoms with Gasteiger partial charge in [-0.1, -0.05) is 6.07 Å². The summed E-state index contributed by atoms with van der Waals surface area (Å²) < 4.78 is 35.4. The Morgan fingerprint density at radius 1 is 1.50 bits per heavy atom. The van der Waals surface area contributed by atoms with Crippen LogP contribution in [0.4, 0.5) is 8.78 Å². The first-order valence-electron chi connectivity index (χ1n) is 4.42. The summed E-state index contributed by atoms with van der Waals surface area (Å²) in [6, 6.07) is 4.04. The van der Waals surface area contributed by atoms with E-state index in [9.17, 15) is 17.8 Å². The normalized spacial score (nSPS) is 12.8. The predicted octanol–water partition coefficient (Wildman–Crippen LogP) is 2.07. The summed E-state index contributed by atoms with van der Waals surface area (Å²) in [6.45, 7) is 1.59. The maximum absolute atomic E-state index is 12.0. The zero-order chi connectivity index (χ0) is 12.3. The number of benzene rings is 1. The predicted molar refractivity (Wildman–Crippen MR) is 55.4 cm³/mol. The zero-order valence-electron chi connectivity index (χ0n) is 8.44. The molecule has 1 aromatic rings. The van der Waals surface area contributed by atoms with Gasteiger partial charge >= 0.3 is 5.97 Å². The Labute approximate surface area is 93.6 Å². The summed E-state index contributed by atoms with van der Waals surface area (Å²) in [5.74, 6) is -1.93. The summed E-state index contributed by atoms with van der Waals surface area (Å²) >= 11 is 0. The van der Waals surface area contributed by atoms with E-state index in [1.165, 1.54) is 18.2 Å². The number of hydrogen-bond acceptors (Lipinski definition) is 2. The quantitative estimate of drug-likeness (QED) is 0.887. The highest BCUT2D eigenvalue weighted by Crippen LogP contribution is 2.15. The molecule has 0 saturated heterocycles. The Morgan fingerprint density at radius 3 is 2.62 bits per heavy atom. The largest absolute Gasteiger partial charge is 0.478 e. The number of rotatable bonds is 4. The third-order valence-electron chi connectivity index (χ3n) is 1.98. The minimum atomic E-state index is -2.67. The van der Waals surface area contributed by atoms with Crippen LogP contribution in [0.2, 0.25) is 0 Å². The van der Waals surface area contributed by atoms with Crippen LogP contribution >= 0.6 is 0 Å². The summed E-state index contributed by atoms with van der Waals surface area (Å²) in [4.78, 5) is 10.9. The number of carboxylic acids is 1. The highest BCUT2D eigenvalue weighted by atomic mass is 32.2. The molecule has 0 bridgehead atoms. The van der Waals surface area contributed by atoms with Gasteiger partial charge in [0.25, 0.3) is 0 Å². The Kier molecular flexibility index (Phi) is 4.12. The van der Waals surface area contributed by atoms with Crippen molar-refractivity contribution < 1.29 is 22.9 Å². The minimum absolute atomic E-state index is 0.0138. The number of aryl methyl sites for hydroxylation is 1. The lowest BCUT2D eigenvalue weighted by atomic mass is 10.1. The van der Waals surface area contributed by atoms with Crippen molar-refractivity contribution in [2.75, 3.05) is 5.75 Å². The lowest BCUT2D eigenvalue weighted by molar-refractivity contribution is 0.0696. The van der Waals surface area contributed by atoms with Gasteiger partial charge in [0.1, 0.15) is 0 Å². The van der Waals surface area contributed by atoms with E-state index in [0.29, 0.717) is 5.56 Å². The van der Waals surface area contributed by atoms with Gasteiger partial charge < -0.3 is 5.11 Å². The number of halogens is 2. The lowest BCUT2D eigenvalue weighted by Gasteiger charge is -2.05. The topological polar surface area (TPSA) is 54.4 Å². The first kappa shape index (κ1) is 12.8. The van der Waals surface area contributed by atoms with Gasteiger partial charge in [-0.15, -0.1) is 0 Å². The van der Waals surface area contributed by atoms with Gasteiger partial charge in [-0.3, -0.25) is 4.21 Å². The second-order valence-corrected chi connectivity index (χ2v) is 4.68. The number of alkyl halides is 2. The lowest BCUT2D eigenvalue weighted by Crippen LogP contribution is -2.08. The Hall–Kier alpha value is -1.30. The second kappa shape index (κ2) is 5.16. The minimum Gasteiger partial charge on any atom is -0.478 e. The van der Waals surface area contributed by atoms with Gasteiger partial charge in [0.15, 0.2) is 0 Å². The molecule has 1 unspecified atom stereocenters. The second-order valence-electron chi connectivity index (χ2n) is 3.19. The van der Waals surface area contributed by atoms with Crippen LogP contribution in [0.3, 0.4) is 0 Å². The molecule has 0 aliphatic carbocycles. The van der Waals surface area contributed by atoms with Gasteiger partial charge in [-0.25, -0.2) is 13.6 Å². The molecule has 3 nitrogen and oxygen atoms in total. The van der Waals surface area contributed by atoms with E-state index >= 15 is 0 Å². The smallest absolute Gasteiger partial charge is 0.335 e.